The van der Waals surface area contributed by atoms with Crippen molar-refractivity contribution in [3.05, 3.63) is 48.3 Å². The zero-order valence-electron chi connectivity index (χ0n) is 9.35. The van der Waals surface area contributed by atoms with Crippen molar-refractivity contribution in [2.24, 2.45) is 0 Å². The summed E-state index contributed by atoms with van der Waals surface area (Å²) in [6, 6.07) is 6.43. The highest BCUT2D eigenvalue weighted by Gasteiger charge is 2.03. The molecule has 4 nitrogen and oxygen atoms in total. The molecule has 0 amide bonds. The molecule has 0 saturated carbocycles. The van der Waals surface area contributed by atoms with E-state index in [0.29, 0.717) is 6.54 Å². The van der Waals surface area contributed by atoms with Crippen molar-refractivity contribution in [1.82, 2.24) is 9.97 Å². The molecule has 1 N–H and O–H groups in total. The fourth-order valence-electron chi connectivity index (χ4n) is 1.39. The molecule has 0 spiro atoms. The second-order valence-electron chi connectivity index (χ2n) is 3.40. The lowest BCUT2D eigenvalue weighted by molar-refractivity contribution is 0.387. The highest BCUT2D eigenvalue weighted by molar-refractivity contribution is 5.48. The van der Waals surface area contributed by atoms with Crippen LogP contribution in [0.15, 0.2) is 36.8 Å². The van der Waals surface area contributed by atoms with E-state index in [1.807, 2.05) is 6.07 Å². The SMILES string of the molecule is COc1cc(NCc2ccncn2)ccc1F. The Labute approximate surface area is 98.5 Å². The summed E-state index contributed by atoms with van der Waals surface area (Å²) in [4.78, 5) is 7.91. The van der Waals surface area contributed by atoms with Gasteiger partial charge in [0.25, 0.3) is 0 Å². The number of ether oxygens (including phenoxy) is 1. The molecule has 17 heavy (non-hydrogen) atoms. The van der Waals surface area contributed by atoms with Crippen LogP contribution in [-0.4, -0.2) is 17.1 Å². The Morgan fingerprint density at radius 3 is 2.94 bits per heavy atom. The summed E-state index contributed by atoms with van der Waals surface area (Å²) < 4.78 is 18.1. The predicted octanol–water partition coefficient (Wildman–Crippen LogP) is 2.24. The van der Waals surface area contributed by atoms with Crippen molar-refractivity contribution in [2.45, 2.75) is 6.54 Å². The first-order valence-corrected chi connectivity index (χ1v) is 5.12. The average Bonchev–Trinajstić information content (AvgIpc) is 2.39. The summed E-state index contributed by atoms with van der Waals surface area (Å²) in [5, 5.41) is 3.13. The number of rotatable bonds is 4. The van der Waals surface area contributed by atoms with Gasteiger partial charge in [-0.2, -0.15) is 0 Å². The van der Waals surface area contributed by atoms with Gasteiger partial charge in [-0.25, -0.2) is 14.4 Å². The van der Waals surface area contributed by atoms with E-state index in [2.05, 4.69) is 15.3 Å². The zero-order chi connectivity index (χ0) is 12.1. The van der Waals surface area contributed by atoms with E-state index >= 15 is 0 Å². The predicted molar refractivity (Wildman–Crippen MR) is 62.3 cm³/mol. The summed E-state index contributed by atoms with van der Waals surface area (Å²) in [5.74, 6) is -0.155. The van der Waals surface area contributed by atoms with Crippen LogP contribution in [0.25, 0.3) is 0 Å². The maximum atomic E-state index is 13.2. The first-order valence-electron chi connectivity index (χ1n) is 5.12. The van der Waals surface area contributed by atoms with Gasteiger partial charge in [-0.3, -0.25) is 0 Å². The van der Waals surface area contributed by atoms with Gasteiger partial charge in [0.2, 0.25) is 0 Å². The molecule has 1 aromatic carbocycles. The molecule has 0 aliphatic carbocycles. The highest BCUT2D eigenvalue weighted by atomic mass is 19.1. The Bertz CT molecular complexity index is 490. The standard InChI is InChI=1S/C12H12FN3O/c1-17-12-6-9(2-3-11(12)13)15-7-10-4-5-14-8-16-10/h2-6,8,15H,7H2,1H3. The van der Waals surface area contributed by atoms with E-state index in [9.17, 15) is 4.39 Å². The molecule has 0 aliphatic heterocycles. The molecule has 0 atom stereocenters. The highest BCUT2D eigenvalue weighted by Crippen LogP contribution is 2.21. The van der Waals surface area contributed by atoms with Gasteiger partial charge in [0.05, 0.1) is 19.3 Å². The molecular formula is C12H12FN3O. The molecule has 0 fully saturated rings. The topological polar surface area (TPSA) is 47.0 Å². The summed E-state index contributed by atoms with van der Waals surface area (Å²) in [6.07, 6.45) is 3.16. The van der Waals surface area contributed by atoms with E-state index in [4.69, 9.17) is 4.74 Å². The Balaban J connectivity index is 2.04. The van der Waals surface area contributed by atoms with Crippen LogP contribution in [0.1, 0.15) is 5.69 Å². The summed E-state index contributed by atoms with van der Waals surface area (Å²) in [6.45, 7) is 0.553. The third-order valence-electron chi connectivity index (χ3n) is 2.27. The third kappa shape index (κ3) is 2.90. The smallest absolute Gasteiger partial charge is 0.165 e. The fourth-order valence-corrected chi connectivity index (χ4v) is 1.39. The average molecular weight is 233 g/mol. The lowest BCUT2D eigenvalue weighted by atomic mass is 10.3. The van der Waals surface area contributed by atoms with Crippen LogP contribution >= 0.6 is 0 Å². The first kappa shape index (κ1) is 11.3. The van der Waals surface area contributed by atoms with Crippen LogP contribution in [0.3, 0.4) is 0 Å². The van der Waals surface area contributed by atoms with Gasteiger partial charge in [0, 0.05) is 18.0 Å². The zero-order valence-corrected chi connectivity index (χ0v) is 9.35. The maximum Gasteiger partial charge on any atom is 0.165 e. The van der Waals surface area contributed by atoms with Crippen LogP contribution < -0.4 is 10.1 Å². The van der Waals surface area contributed by atoms with Crippen molar-refractivity contribution in [1.29, 1.82) is 0 Å². The van der Waals surface area contributed by atoms with Crippen LogP contribution in [0.5, 0.6) is 5.75 Å². The lowest BCUT2D eigenvalue weighted by Crippen LogP contribution is -2.02. The number of aromatic nitrogens is 2. The van der Waals surface area contributed by atoms with Crippen molar-refractivity contribution in [3.8, 4) is 5.75 Å². The number of halogens is 1. The van der Waals surface area contributed by atoms with Crippen LogP contribution in [0.4, 0.5) is 10.1 Å². The van der Waals surface area contributed by atoms with Gasteiger partial charge in [0.1, 0.15) is 6.33 Å². The van der Waals surface area contributed by atoms with Crippen molar-refractivity contribution in [2.75, 3.05) is 12.4 Å². The Morgan fingerprint density at radius 1 is 1.35 bits per heavy atom. The second kappa shape index (κ2) is 5.25. The molecule has 0 saturated heterocycles. The summed E-state index contributed by atoms with van der Waals surface area (Å²) in [7, 11) is 1.44. The number of nitrogens with one attached hydrogen (secondary N) is 1. The number of methoxy groups -OCH3 is 1. The number of hydrogen-bond acceptors (Lipinski definition) is 4. The molecule has 0 unspecified atom stereocenters. The molecule has 1 heterocycles. The molecule has 88 valence electrons. The quantitative estimate of drug-likeness (QED) is 0.879. The number of nitrogens with zero attached hydrogens (tertiary/aromatic N) is 2. The van der Waals surface area contributed by atoms with Gasteiger partial charge in [0.15, 0.2) is 11.6 Å². The molecule has 0 radical (unpaired) electrons. The second-order valence-corrected chi connectivity index (χ2v) is 3.40. The van der Waals surface area contributed by atoms with E-state index in [1.54, 1.807) is 18.3 Å². The Kier molecular flexibility index (Phi) is 3.49. The summed E-state index contributed by atoms with van der Waals surface area (Å²) in [5.41, 5.74) is 1.64. The third-order valence-corrected chi connectivity index (χ3v) is 2.27. The Morgan fingerprint density at radius 2 is 2.24 bits per heavy atom. The van der Waals surface area contributed by atoms with E-state index < -0.39 is 0 Å². The minimum absolute atomic E-state index is 0.220. The van der Waals surface area contributed by atoms with Crippen molar-refractivity contribution >= 4 is 5.69 Å². The van der Waals surface area contributed by atoms with Crippen LogP contribution in [0.2, 0.25) is 0 Å². The minimum atomic E-state index is -0.375. The molecule has 2 rings (SSSR count). The molecule has 2 aromatic rings. The fraction of sp³-hybridized carbons (Fsp3) is 0.167. The van der Waals surface area contributed by atoms with Crippen LogP contribution in [0, 0.1) is 5.82 Å². The Hall–Kier alpha value is -2.17. The van der Waals surface area contributed by atoms with E-state index in [-0.39, 0.29) is 11.6 Å². The van der Waals surface area contributed by atoms with Crippen molar-refractivity contribution < 1.29 is 9.13 Å². The van der Waals surface area contributed by atoms with Gasteiger partial charge in [-0.1, -0.05) is 0 Å². The van der Waals surface area contributed by atoms with Gasteiger partial charge in [-0.05, 0) is 18.2 Å². The van der Waals surface area contributed by atoms with Crippen molar-refractivity contribution in [3.63, 3.8) is 0 Å². The number of benzene rings is 1. The van der Waals surface area contributed by atoms with Gasteiger partial charge in [-0.15, -0.1) is 0 Å². The van der Waals surface area contributed by atoms with Crippen LogP contribution in [-0.2, 0) is 6.54 Å². The molecule has 0 bridgehead atoms. The monoisotopic (exact) mass is 233 g/mol. The number of anilines is 1. The summed E-state index contributed by atoms with van der Waals surface area (Å²) >= 11 is 0. The molecule has 1 aromatic heterocycles. The minimum Gasteiger partial charge on any atom is -0.494 e. The van der Waals surface area contributed by atoms with E-state index in [0.717, 1.165) is 11.4 Å². The first-order chi connectivity index (χ1) is 8.29. The maximum absolute atomic E-state index is 13.2. The molecule has 0 aliphatic rings. The van der Waals surface area contributed by atoms with Gasteiger partial charge >= 0.3 is 0 Å². The number of hydrogen-bond donors (Lipinski definition) is 1. The molecular weight excluding hydrogens is 221 g/mol. The molecule has 5 heteroatoms. The van der Waals surface area contributed by atoms with Gasteiger partial charge < -0.3 is 10.1 Å². The normalized spacial score (nSPS) is 10.0. The lowest BCUT2D eigenvalue weighted by Gasteiger charge is -2.08. The largest absolute Gasteiger partial charge is 0.494 e. The van der Waals surface area contributed by atoms with E-state index in [1.165, 1.54) is 19.5 Å².